The van der Waals surface area contributed by atoms with Crippen molar-refractivity contribution in [2.45, 2.75) is 44.7 Å². The number of carbonyl (C=O) groups is 2. The fraction of sp³-hybridized carbons (Fsp3) is 0.300. The number of carboxylic acids is 1. The average Bonchev–Trinajstić information content (AvgIpc) is 3.33. The van der Waals surface area contributed by atoms with Gasteiger partial charge < -0.3 is 19.7 Å². The number of carbonyl (C=O) groups excluding carboxylic acids is 1. The largest absolute Gasteiger partial charge is 0.481 e. The van der Waals surface area contributed by atoms with E-state index in [0.717, 1.165) is 47.7 Å². The summed E-state index contributed by atoms with van der Waals surface area (Å²) in [6.07, 6.45) is 6.93. The van der Waals surface area contributed by atoms with Crippen LogP contribution < -0.4 is 10.1 Å². The molecule has 37 heavy (non-hydrogen) atoms. The second-order valence-corrected chi connectivity index (χ2v) is 9.74. The van der Waals surface area contributed by atoms with Crippen LogP contribution in [0.15, 0.2) is 73.1 Å². The molecule has 0 spiro atoms. The van der Waals surface area contributed by atoms with Gasteiger partial charge in [0.2, 0.25) is 5.88 Å². The van der Waals surface area contributed by atoms with Crippen LogP contribution in [0, 0.1) is 5.92 Å². The molecule has 4 aromatic rings. The van der Waals surface area contributed by atoms with E-state index in [1.54, 1.807) is 13.3 Å². The van der Waals surface area contributed by atoms with Gasteiger partial charge in [0, 0.05) is 31.4 Å². The van der Waals surface area contributed by atoms with Gasteiger partial charge in [-0.05, 0) is 54.4 Å². The molecule has 0 aliphatic heterocycles. The van der Waals surface area contributed by atoms with Crippen LogP contribution in [-0.2, 0) is 11.3 Å². The molecule has 1 aliphatic carbocycles. The molecule has 7 heteroatoms. The van der Waals surface area contributed by atoms with Gasteiger partial charge in [0.25, 0.3) is 5.91 Å². The number of rotatable bonds is 8. The monoisotopic (exact) mass is 497 g/mol. The third-order valence-corrected chi connectivity index (χ3v) is 7.26. The average molecular weight is 498 g/mol. The Bertz CT molecular complexity index is 1390. The lowest BCUT2D eigenvalue weighted by Crippen LogP contribution is -2.38. The number of carboxylic acid groups (broad SMARTS) is 1. The molecule has 0 bridgehead atoms. The number of amides is 1. The predicted octanol–water partition coefficient (Wildman–Crippen LogP) is 5.52. The first-order valence-electron chi connectivity index (χ1n) is 12.7. The number of ether oxygens (including phenoxy) is 1. The highest BCUT2D eigenvalue weighted by Crippen LogP contribution is 2.30. The van der Waals surface area contributed by atoms with E-state index in [0.29, 0.717) is 18.0 Å². The number of pyridine rings is 1. The van der Waals surface area contributed by atoms with Crippen LogP contribution in [-0.4, -0.2) is 39.7 Å². The van der Waals surface area contributed by atoms with Crippen molar-refractivity contribution >= 4 is 22.8 Å². The first-order valence-corrected chi connectivity index (χ1v) is 12.7. The molecule has 5 rings (SSSR count). The Hall–Kier alpha value is -4.13. The van der Waals surface area contributed by atoms with Gasteiger partial charge in [0.05, 0.1) is 23.6 Å². The second kappa shape index (κ2) is 10.9. The number of benzene rings is 2. The lowest BCUT2D eigenvalue weighted by atomic mass is 9.84. The Balaban J connectivity index is 1.36. The molecule has 1 fully saturated rings. The highest BCUT2D eigenvalue weighted by Gasteiger charge is 2.26. The maximum atomic E-state index is 13.4. The first kappa shape index (κ1) is 24.6. The minimum Gasteiger partial charge on any atom is -0.481 e. The summed E-state index contributed by atoms with van der Waals surface area (Å²) in [5, 5.41) is 13.0. The van der Waals surface area contributed by atoms with Crippen LogP contribution in [0.25, 0.3) is 22.0 Å². The van der Waals surface area contributed by atoms with Crippen LogP contribution in [0.1, 0.15) is 48.0 Å². The summed E-state index contributed by atoms with van der Waals surface area (Å²) >= 11 is 0. The molecule has 1 amide bonds. The van der Waals surface area contributed by atoms with Crippen LogP contribution >= 0.6 is 0 Å². The number of hydrogen-bond donors (Lipinski definition) is 2. The van der Waals surface area contributed by atoms with E-state index >= 15 is 0 Å². The lowest BCUT2D eigenvalue weighted by molar-refractivity contribution is -0.138. The van der Waals surface area contributed by atoms with Gasteiger partial charge in [0.15, 0.2) is 0 Å². The Kier molecular flexibility index (Phi) is 7.21. The van der Waals surface area contributed by atoms with Crippen molar-refractivity contribution in [1.29, 1.82) is 0 Å². The molecule has 0 atom stereocenters. The number of methoxy groups -OCH3 is 1. The number of aromatic nitrogens is 2. The standard InChI is InChI=1S/C30H31N3O4/c1-37-30-25-15-16-33(19-21-7-11-23(12-8-21)22-5-3-2-4-6-22)28(25)26(18-31-30)29(36)32-24-13-9-20(10-14-24)17-27(34)35/h2-8,11-12,15-16,18,20,24H,9-10,13-14,17,19H2,1H3,(H,32,36)(H,34,35). The molecule has 1 aliphatic rings. The minimum absolute atomic E-state index is 0.0311. The molecule has 0 unspecified atom stereocenters. The van der Waals surface area contributed by atoms with Gasteiger partial charge in [-0.25, -0.2) is 4.98 Å². The van der Waals surface area contributed by atoms with E-state index in [2.05, 4.69) is 51.3 Å². The van der Waals surface area contributed by atoms with E-state index in [1.807, 2.05) is 30.5 Å². The topological polar surface area (TPSA) is 93.4 Å². The van der Waals surface area contributed by atoms with Gasteiger partial charge in [-0.2, -0.15) is 0 Å². The molecule has 190 valence electrons. The zero-order chi connectivity index (χ0) is 25.8. The Morgan fingerprint density at radius 1 is 1.00 bits per heavy atom. The Labute approximate surface area is 216 Å². The highest BCUT2D eigenvalue weighted by atomic mass is 16.5. The summed E-state index contributed by atoms with van der Waals surface area (Å²) in [6.45, 7) is 0.603. The second-order valence-electron chi connectivity index (χ2n) is 9.74. The molecule has 2 aromatic heterocycles. The molecular weight excluding hydrogens is 466 g/mol. The zero-order valence-electron chi connectivity index (χ0n) is 20.9. The van der Waals surface area contributed by atoms with Crippen molar-refractivity contribution in [3.63, 3.8) is 0 Å². The lowest BCUT2D eigenvalue weighted by Gasteiger charge is -2.28. The van der Waals surface area contributed by atoms with Crippen molar-refractivity contribution in [3.05, 3.63) is 84.2 Å². The third-order valence-electron chi connectivity index (χ3n) is 7.26. The predicted molar refractivity (Wildman–Crippen MR) is 143 cm³/mol. The van der Waals surface area contributed by atoms with Crippen molar-refractivity contribution in [2.75, 3.05) is 7.11 Å². The highest BCUT2D eigenvalue weighted by molar-refractivity contribution is 6.07. The Morgan fingerprint density at radius 3 is 2.38 bits per heavy atom. The molecular formula is C30H31N3O4. The quantitative estimate of drug-likeness (QED) is 0.334. The summed E-state index contributed by atoms with van der Waals surface area (Å²) in [6, 6.07) is 20.7. The molecule has 1 saturated carbocycles. The Morgan fingerprint density at radius 2 is 1.70 bits per heavy atom. The van der Waals surface area contributed by atoms with E-state index in [9.17, 15) is 9.59 Å². The van der Waals surface area contributed by atoms with Crippen molar-refractivity contribution in [1.82, 2.24) is 14.9 Å². The van der Waals surface area contributed by atoms with Gasteiger partial charge in [0.1, 0.15) is 0 Å². The summed E-state index contributed by atoms with van der Waals surface area (Å²) in [4.78, 5) is 28.8. The van der Waals surface area contributed by atoms with Gasteiger partial charge in [-0.1, -0.05) is 54.6 Å². The molecule has 0 radical (unpaired) electrons. The fourth-order valence-corrected chi connectivity index (χ4v) is 5.31. The van der Waals surface area contributed by atoms with E-state index in [4.69, 9.17) is 9.84 Å². The van der Waals surface area contributed by atoms with E-state index in [-0.39, 0.29) is 24.3 Å². The zero-order valence-corrected chi connectivity index (χ0v) is 20.9. The van der Waals surface area contributed by atoms with Crippen LogP contribution in [0.4, 0.5) is 0 Å². The fourth-order valence-electron chi connectivity index (χ4n) is 5.31. The summed E-state index contributed by atoms with van der Waals surface area (Å²) in [7, 11) is 1.58. The van der Waals surface area contributed by atoms with Gasteiger partial charge >= 0.3 is 5.97 Å². The minimum atomic E-state index is -0.755. The maximum Gasteiger partial charge on any atom is 0.303 e. The van der Waals surface area contributed by atoms with Crippen LogP contribution in [0.5, 0.6) is 5.88 Å². The summed E-state index contributed by atoms with van der Waals surface area (Å²) in [5.74, 6) is -0.250. The first-order chi connectivity index (χ1) is 18.0. The third kappa shape index (κ3) is 5.50. The number of nitrogens with one attached hydrogen (secondary N) is 1. The summed E-state index contributed by atoms with van der Waals surface area (Å²) < 4.78 is 7.54. The van der Waals surface area contributed by atoms with Crippen LogP contribution in [0.2, 0.25) is 0 Å². The van der Waals surface area contributed by atoms with Crippen molar-refractivity contribution in [3.8, 4) is 17.0 Å². The number of aliphatic carboxylic acids is 1. The van der Waals surface area contributed by atoms with Crippen molar-refractivity contribution in [2.24, 2.45) is 5.92 Å². The number of fused-ring (bicyclic) bond motifs is 1. The SMILES string of the molecule is COc1ncc(C(=O)NC2CCC(CC(=O)O)CC2)c2c1ccn2Cc1ccc(-c2ccccc2)cc1. The number of nitrogens with zero attached hydrogens (tertiary/aromatic N) is 2. The smallest absolute Gasteiger partial charge is 0.303 e. The maximum absolute atomic E-state index is 13.4. The van der Waals surface area contributed by atoms with Gasteiger partial charge in [-0.3, -0.25) is 9.59 Å². The molecule has 2 heterocycles. The molecule has 0 saturated heterocycles. The van der Waals surface area contributed by atoms with E-state index in [1.165, 1.54) is 5.56 Å². The normalized spacial score (nSPS) is 17.4. The molecule has 2 aromatic carbocycles. The van der Waals surface area contributed by atoms with E-state index < -0.39 is 5.97 Å². The summed E-state index contributed by atoms with van der Waals surface area (Å²) in [5.41, 5.74) is 4.75. The molecule has 2 N–H and O–H groups in total. The van der Waals surface area contributed by atoms with Gasteiger partial charge in [-0.15, -0.1) is 0 Å². The molecule has 7 nitrogen and oxygen atoms in total. The van der Waals surface area contributed by atoms with Crippen LogP contribution in [0.3, 0.4) is 0 Å². The number of hydrogen-bond acceptors (Lipinski definition) is 4. The van der Waals surface area contributed by atoms with Crippen molar-refractivity contribution < 1.29 is 19.4 Å².